The third kappa shape index (κ3) is 6.97. The predicted molar refractivity (Wildman–Crippen MR) is 168 cm³/mol. The number of hydrogen-bond acceptors (Lipinski definition) is 5. The van der Waals surface area contributed by atoms with Gasteiger partial charge in [-0.05, 0) is 61.1 Å². The van der Waals surface area contributed by atoms with E-state index in [0.29, 0.717) is 24.1 Å². The van der Waals surface area contributed by atoms with Gasteiger partial charge in [-0.2, -0.15) is 5.26 Å². The van der Waals surface area contributed by atoms with Gasteiger partial charge in [-0.15, -0.1) is 0 Å². The smallest absolute Gasteiger partial charge is 0.242 e. The number of rotatable bonds is 9. The summed E-state index contributed by atoms with van der Waals surface area (Å²) in [5.74, 6) is -3.59. The summed E-state index contributed by atoms with van der Waals surface area (Å²) in [6, 6.07) is 15.0. The summed E-state index contributed by atoms with van der Waals surface area (Å²) in [6.45, 7) is 7.47. The molecule has 0 radical (unpaired) electrons. The van der Waals surface area contributed by atoms with Crippen LogP contribution < -0.4 is 10.6 Å². The van der Waals surface area contributed by atoms with Crippen LogP contribution in [0.15, 0.2) is 60.7 Å². The third-order valence-corrected chi connectivity index (χ3v) is 8.50. The second-order valence-corrected chi connectivity index (χ2v) is 13.4. The Morgan fingerprint density at radius 2 is 1.82 bits per heavy atom. The zero-order valence-electron chi connectivity index (χ0n) is 24.9. The van der Waals surface area contributed by atoms with Gasteiger partial charge in [0.2, 0.25) is 5.91 Å². The molecule has 1 fully saturated rings. The SMILES string of the molecule is CC(O)CCC(=O)c1cccc(NC(=O)C2NC(CC(C)(C)C)C(C#N)(c3ccc(Cl)cc3F)C2c2cccc(Cl)c2F)c1. The Labute approximate surface area is 266 Å². The van der Waals surface area contributed by atoms with Crippen LogP contribution in [0.4, 0.5) is 14.5 Å². The quantitative estimate of drug-likeness (QED) is 0.209. The molecule has 0 aromatic heterocycles. The minimum atomic E-state index is -1.76. The number of amides is 1. The number of nitriles is 1. The van der Waals surface area contributed by atoms with Gasteiger partial charge in [0, 0.05) is 40.2 Å². The lowest BCUT2D eigenvalue weighted by atomic mass is 9.62. The van der Waals surface area contributed by atoms with Crippen LogP contribution in [0.1, 0.15) is 74.4 Å². The largest absolute Gasteiger partial charge is 0.393 e. The van der Waals surface area contributed by atoms with Gasteiger partial charge < -0.3 is 15.7 Å². The number of nitrogens with zero attached hydrogens (tertiary/aromatic N) is 1. The summed E-state index contributed by atoms with van der Waals surface area (Å²) < 4.78 is 31.6. The summed E-state index contributed by atoms with van der Waals surface area (Å²) >= 11 is 12.3. The molecule has 1 heterocycles. The molecule has 10 heteroatoms. The van der Waals surface area contributed by atoms with Crippen molar-refractivity contribution in [3.05, 3.63) is 99.0 Å². The van der Waals surface area contributed by atoms with Crippen molar-refractivity contribution in [1.82, 2.24) is 5.32 Å². The van der Waals surface area contributed by atoms with Crippen LogP contribution in [0.2, 0.25) is 10.0 Å². The maximum Gasteiger partial charge on any atom is 0.242 e. The molecule has 3 aromatic rings. The molecular formula is C34H35Cl2F2N3O3. The minimum absolute atomic E-state index is 0.0143. The maximum atomic E-state index is 15.8. The number of carbonyl (C=O) groups excluding carboxylic acids is 2. The van der Waals surface area contributed by atoms with E-state index >= 15 is 8.78 Å². The first kappa shape index (κ1) is 33.5. The molecule has 5 atom stereocenters. The highest BCUT2D eigenvalue weighted by atomic mass is 35.5. The van der Waals surface area contributed by atoms with Gasteiger partial charge in [0.25, 0.3) is 0 Å². The van der Waals surface area contributed by atoms with E-state index in [4.69, 9.17) is 23.2 Å². The average molecular weight is 643 g/mol. The number of benzene rings is 3. The maximum absolute atomic E-state index is 15.8. The molecule has 1 aliphatic rings. The molecule has 1 aliphatic heterocycles. The first-order valence-corrected chi connectivity index (χ1v) is 15.1. The number of carbonyl (C=O) groups is 2. The highest BCUT2D eigenvalue weighted by Gasteiger charge is 2.61. The first-order chi connectivity index (χ1) is 20.7. The summed E-state index contributed by atoms with van der Waals surface area (Å²) in [7, 11) is 0. The van der Waals surface area contributed by atoms with Gasteiger partial charge in [0.1, 0.15) is 17.0 Å². The molecule has 1 saturated heterocycles. The summed E-state index contributed by atoms with van der Waals surface area (Å²) in [5, 5.41) is 26.5. The minimum Gasteiger partial charge on any atom is -0.393 e. The lowest BCUT2D eigenvalue weighted by Crippen LogP contribution is -2.45. The van der Waals surface area contributed by atoms with Crippen molar-refractivity contribution < 1.29 is 23.5 Å². The highest BCUT2D eigenvalue weighted by Crippen LogP contribution is 2.52. The molecule has 44 heavy (non-hydrogen) atoms. The summed E-state index contributed by atoms with van der Waals surface area (Å²) in [5.41, 5.74) is -1.51. The van der Waals surface area contributed by atoms with Crippen LogP contribution >= 0.6 is 23.2 Å². The van der Waals surface area contributed by atoms with Crippen molar-refractivity contribution in [2.24, 2.45) is 5.41 Å². The normalized spacial score (nSPS) is 22.3. The number of anilines is 1. The molecule has 232 valence electrons. The van der Waals surface area contributed by atoms with Crippen molar-refractivity contribution in [2.75, 3.05) is 5.32 Å². The fourth-order valence-corrected chi connectivity index (χ4v) is 6.37. The van der Waals surface area contributed by atoms with E-state index in [2.05, 4.69) is 16.7 Å². The van der Waals surface area contributed by atoms with E-state index in [0.717, 1.165) is 6.07 Å². The molecule has 1 amide bonds. The predicted octanol–water partition coefficient (Wildman–Crippen LogP) is 7.58. The molecule has 6 nitrogen and oxygen atoms in total. The molecule has 0 bridgehead atoms. The number of halogens is 4. The number of hydrogen-bond donors (Lipinski definition) is 3. The van der Waals surface area contributed by atoms with E-state index in [-0.39, 0.29) is 38.8 Å². The molecule has 0 spiro atoms. The van der Waals surface area contributed by atoms with Crippen molar-refractivity contribution in [2.45, 2.75) is 76.5 Å². The Balaban J connectivity index is 1.85. The fraction of sp³-hybridized carbons (Fsp3) is 0.382. The number of aliphatic hydroxyl groups excluding tert-OH is 1. The van der Waals surface area contributed by atoms with Gasteiger partial charge in [-0.1, -0.05) is 74.3 Å². The Morgan fingerprint density at radius 1 is 1.11 bits per heavy atom. The van der Waals surface area contributed by atoms with E-state index in [9.17, 15) is 20.0 Å². The number of nitrogens with one attached hydrogen (secondary N) is 2. The molecule has 5 unspecified atom stereocenters. The lowest BCUT2D eigenvalue weighted by molar-refractivity contribution is -0.118. The number of ketones is 1. The average Bonchev–Trinajstić information content (AvgIpc) is 3.26. The van der Waals surface area contributed by atoms with E-state index in [1.165, 1.54) is 36.4 Å². The van der Waals surface area contributed by atoms with E-state index in [1.54, 1.807) is 25.1 Å². The summed E-state index contributed by atoms with van der Waals surface area (Å²) in [6.07, 6.45) is 0.117. The van der Waals surface area contributed by atoms with Gasteiger partial charge >= 0.3 is 0 Å². The molecule has 0 aliphatic carbocycles. The number of aliphatic hydroxyl groups is 1. The standard InChI is InChI=1S/C34H35Cl2F2N3O3/c1-19(42)11-14-27(43)20-7-5-8-22(15-20)40-32(44)31-29(23-9-6-10-25(36)30(23)38)34(18-39,28(41-31)17-33(2,3)4)24-13-12-21(35)16-26(24)37/h5-10,12-13,15-16,19,28-29,31,41-42H,11,14,17H2,1-4H3,(H,40,44). The zero-order valence-corrected chi connectivity index (χ0v) is 26.4. The number of Topliss-reactive ketones (excluding diaryl/α,β-unsaturated/α-hetero) is 1. The van der Waals surface area contributed by atoms with Gasteiger partial charge in [0.05, 0.1) is 23.2 Å². The third-order valence-electron chi connectivity index (χ3n) is 7.97. The van der Waals surface area contributed by atoms with Crippen LogP contribution in [-0.2, 0) is 10.2 Å². The fourth-order valence-electron chi connectivity index (χ4n) is 6.03. The van der Waals surface area contributed by atoms with Gasteiger partial charge in [0.15, 0.2) is 5.78 Å². The molecule has 3 aromatic carbocycles. The molecule has 3 N–H and O–H groups in total. The molecule has 4 rings (SSSR count). The van der Waals surface area contributed by atoms with Gasteiger partial charge in [-0.3, -0.25) is 9.59 Å². The Morgan fingerprint density at radius 3 is 2.45 bits per heavy atom. The van der Waals surface area contributed by atoms with Crippen molar-refractivity contribution in [3.8, 4) is 6.07 Å². The van der Waals surface area contributed by atoms with Crippen LogP contribution in [0.5, 0.6) is 0 Å². The van der Waals surface area contributed by atoms with Crippen molar-refractivity contribution in [1.29, 1.82) is 5.26 Å². The van der Waals surface area contributed by atoms with Crippen LogP contribution in [0.3, 0.4) is 0 Å². The first-order valence-electron chi connectivity index (χ1n) is 14.4. The van der Waals surface area contributed by atoms with E-state index < -0.39 is 47.1 Å². The van der Waals surface area contributed by atoms with Crippen molar-refractivity contribution in [3.63, 3.8) is 0 Å². The highest BCUT2D eigenvalue weighted by molar-refractivity contribution is 6.31. The summed E-state index contributed by atoms with van der Waals surface area (Å²) in [4.78, 5) is 26.8. The van der Waals surface area contributed by atoms with Crippen molar-refractivity contribution >= 4 is 40.6 Å². The van der Waals surface area contributed by atoms with Crippen LogP contribution in [-0.4, -0.2) is 35.0 Å². The Hall–Kier alpha value is -3.35. The Kier molecular flexibility index (Phi) is 10.2. The van der Waals surface area contributed by atoms with E-state index in [1.807, 2.05) is 20.8 Å². The van der Waals surface area contributed by atoms with Gasteiger partial charge in [-0.25, -0.2) is 8.78 Å². The monoisotopic (exact) mass is 641 g/mol. The lowest BCUT2D eigenvalue weighted by Gasteiger charge is -2.37. The van der Waals surface area contributed by atoms with Crippen LogP contribution in [0, 0.1) is 28.4 Å². The molecule has 0 saturated carbocycles. The Bertz CT molecular complexity index is 1600. The second kappa shape index (κ2) is 13.3. The second-order valence-electron chi connectivity index (χ2n) is 12.6. The topological polar surface area (TPSA) is 102 Å². The zero-order chi connectivity index (χ0) is 32.4. The van der Waals surface area contributed by atoms with Crippen LogP contribution in [0.25, 0.3) is 0 Å². The molecular weight excluding hydrogens is 607 g/mol.